The number of halogens is 1. The van der Waals surface area contributed by atoms with Crippen molar-refractivity contribution in [1.82, 2.24) is 0 Å². The Morgan fingerprint density at radius 2 is 1.92 bits per heavy atom. The van der Waals surface area contributed by atoms with Gasteiger partial charge in [-0.25, -0.2) is 0 Å². The van der Waals surface area contributed by atoms with Crippen LogP contribution in [0.1, 0.15) is 10.4 Å². The fourth-order valence-corrected chi connectivity index (χ4v) is 2.63. The SMILES string of the molecule is C[Si](C)(C)C(=O)c1cccc(I)c1. The van der Waals surface area contributed by atoms with E-state index in [0.717, 1.165) is 9.13 Å². The molecule has 0 aliphatic heterocycles. The Labute approximate surface area is 93.7 Å². The van der Waals surface area contributed by atoms with E-state index in [1.54, 1.807) is 0 Å². The van der Waals surface area contributed by atoms with Crippen molar-refractivity contribution in [2.24, 2.45) is 0 Å². The lowest BCUT2D eigenvalue weighted by molar-refractivity contribution is 0.106. The fourth-order valence-electron chi connectivity index (χ4n) is 1.06. The minimum atomic E-state index is -1.67. The number of carbonyl (C=O) groups excluding carboxylic acids is 1. The van der Waals surface area contributed by atoms with Crippen LogP contribution < -0.4 is 0 Å². The minimum Gasteiger partial charge on any atom is -0.300 e. The Morgan fingerprint density at radius 1 is 1.31 bits per heavy atom. The van der Waals surface area contributed by atoms with Gasteiger partial charge in [0.2, 0.25) is 0 Å². The molecule has 0 bridgehead atoms. The lowest BCUT2D eigenvalue weighted by Crippen LogP contribution is -2.33. The van der Waals surface area contributed by atoms with Gasteiger partial charge in [-0.05, 0) is 34.7 Å². The molecule has 1 aromatic carbocycles. The van der Waals surface area contributed by atoms with Gasteiger partial charge in [0.25, 0.3) is 0 Å². The normalized spacial score (nSPS) is 11.4. The summed E-state index contributed by atoms with van der Waals surface area (Å²) >= 11 is 2.23. The first-order chi connectivity index (χ1) is 5.91. The molecule has 0 aliphatic rings. The van der Waals surface area contributed by atoms with E-state index in [9.17, 15) is 4.79 Å². The molecule has 3 heteroatoms. The van der Waals surface area contributed by atoms with E-state index < -0.39 is 8.07 Å². The first kappa shape index (κ1) is 10.9. The molecule has 1 rings (SSSR count). The maximum atomic E-state index is 11.9. The number of hydrogen-bond acceptors (Lipinski definition) is 1. The molecule has 0 aromatic heterocycles. The van der Waals surface area contributed by atoms with Gasteiger partial charge in [-0.15, -0.1) is 0 Å². The molecule has 1 aromatic rings. The highest BCUT2D eigenvalue weighted by molar-refractivity contribution is 14.1. The largest absolute Gasteiger partial charge is 0.300 e. The smallest absolute Gasteiger partial charge is 0.139 e. The number of rotatable bonds is 2. The maximum Gasteiger partial charge on any atom is 0.139 e. The third-order valence-corrected chi connectivity index (χ3v) is 4.09. The molecule has 0 saturated heterocycles. The van der Waals surface area contributed by atoms with Crippen molar-refractivity contribution in [2.75, 3.05) is 0 Å². The van der Waals surface area contributed by atoms with Crippen molar-refractivity contribution in [3.05, 3.63) is 33.4 Å². The van der Waals surface area contributed by atoms with Crippen molar-refractivity contribution < 1.29 is 4.79 Å². The third kappa shape index (κ3) is 2.91. The van der Waals surface area contributed by atoms with E-state index >= 15 is 0 Å². The van der Waals surface area contributed by atoms with Crippen LogP contribution in [0.5, 0.6) is 0 Å². The molecule has 0 radical (unpaired) electrons. The van der Waals surface area contributed by atoms with Crippen molar-refractivity contribution in [3.63, 3.8) is 0 Å². The highest BCUT2D eigenvalue weighted by atomic mass is 127. The molecular weight excluding hydrogens is 291 g/mol. The molecule has 1 nitrogen and oxygen atoms in total. The Bertz CT molecular complexity index is 328. The van der Waals surface area contributed by atoms with E-state index in [1.165, 1.54) is 0 Å². The Hall–Kier alpha value is -0.163. The predicted octanol–water partition coefficient (Wildman–Crippen LogP) is 3.35. The third-order valence-electron chi connectivity index (χ3n) is 1.77. The minimum absolute atomic E-state index is 0.339. The summed E-state index contributed by atoms with van der Waals surface area (Å²) in [5.41, 5.74) is 0.867. The summed E-state index contributed by atoms with van der Waals surface area (Å²) in [6.45, 7) is 6.24. The summed E-state index contributed by atoms with van der Waals surface area (Å²) in [7, 11) is -1.67. The molecule has 0 atom stereocenters. The predicted molar refractivity (Wildman–Crippen MR) is 66.8 cm³/mol. The van der Waals surface area contributed by atoms with E-state index in [-0.39, 0.29) is 0 Å². The van der Waals surface area contributed by atoms with Crippen LogP contribution in [0.3, 0.4) is 0 Å². The first-order valence-electron chi connectivity index (χ1n) is 4.21. The quantitative estimate of drug-likeness (QED) is 0.605. The lowest BCUT2D eigenvalue weighted by atomic mass is 10.2. The van der Waals surface area contributed by atoms with Crippen molar-refractivity contribution in [1.29, 1.82) is 0 Å². The zero-order chi connectivity index (χ0) is 10.1. The van der Waals surface area contributed by atoms with E-state index in [1.807, 2.05) is 24.3 Å². The molecular formula is C10H13IOSi. The van der Waals surface area contributed by atoms with Gasteiger partial charge in [0.1, 0.15) is 13.5 Å². The fraction of sp³-hybridized carbons (Fsp3) is 0.300. The van der Waals surface area contributed by atoms with Gasteiger partial charge in [-0.3, -0.25) is 0 Å². The van der Waals surface area contributed by atoms with Crippen molar-refractivity contribution >= 4 is 36.1 Å². The molecule has 0 aliphatic carbocycles. The van der Waals surface area contributed by atoms with Gasteiger partial charge in [0.15, 0.2) is 0 Å². The first-order valence-corrected chi connectivity index (χ1v) is 8.79. The van der Waals surface area contributed by atoms with Crippen LogP contribution in [0.4, 0.5) is 0 Å². The zero-order valence-corrected chi connectivity index (χ0v) is 11.3. The topological polar surface area (TPSA) is 17.1 Å². The second-order valence-electron chi connectivity index (χ2n) is 4.09. The van der Waals surface area contributed by atoms with Gasteiger partial charge >= 0.3 is 0 Å². The molecule has 0 spiro atoms. The molecule has 0 saturated carbocycles. The average molecular weight is 304 g/mol. The zero-order valence-electron chi connectivity index (χ0n) is 8.10. The second kappa shape index (κ2) is 3.92. The molecule has 70 valence electrons. The van der Waals surface area contributed by atoms with Crippen LogP contribution in [-0.4, -0.2) is 13.5 Å². The average Bonchev–Trinajstić information content (AvgIpc) is 2.01. The van der Waals surface area contributed by atoms with Gasteiger partial charge < -0.3 is 4.79 Å². The van der Waals surface area contributed by atoms with Crippen LogP contribution in [0.25, 0.3) is 0 Å². The number of hydrogen-bond donors (Lipinski definition) is 0. The standard InChI is InChI=1S/C10H13IOSi/c1-13(2,3)10(12)8-5-4-6-9(11)7-8/h4-7H,1-3H3. The van der Waals surface area contributed by atoms with Gasteiger partial charge in [-0.2, -0.15) is 0 Å². The molecule has 13 heavy (non-hydrogen) atoms. The van der Waals surface area contributed by atoms with Crippen molar-refractivity contribution in [3.8, 4) is 0 Å². The molecule has 0 amide bonds. The van der Waals surface area contributed by atoms with Crippen LogP contribution in [0.2, 0.25) is 19.6 Å². The number of benzene rings is 1. The second-order valence-corrected chi connectivity index (χ2v) is 10.3. The summed E-state index contributed by atoms with van der Waals surface area (Å²) in [5, 5.41) is 0.339. The molecule has 0 fully saturated rings. The van der Waals surface area contributed by atoms with E-state index in [4.69, 9.17) is 0 Å². The summed E-state index contributed by atoms with van der Waals surface area (Å²) in [6.07, 6.45) is 0. The Morgan fingerprint density at radius 3 is 2.38 bits per heavy atom. The lowest BCUT2D eigenvalue weighted by Gasteiger charge is -2.13. The van der Waals surface area contributed by atoms with Gasteiger partial charge in [-0.1, -0.05) is 31.8 Å². The molecule has 0 N–H and O–H groups in total. The Kier molecular flexibility index (Phi) is 3.29. The van der Waals surface area contributed by atoms with Gasteiger partial charge in [0.05, 0.1) is 0 Å². The summed E-state index contributed by atoms with van der Waals surface area (Å²) in [6, 6.07) is 7.81. The van der Waals surface area contributed by atoms with Crippen LogP contribution in [0, 0.1) is 3.57 Å². The van der Waals surface area contributed by atoms with Crippen LogP contribution in [-0.2, 0) is 0 Å². The van der Waals surface area contributed by atoms with E-state index in [2.05, 4.69) is 42.2 Å². The molecule has 0 heterocycles. The van der Waals surface area contributed by atoms with Crippen molar-refractivity contribution in [2.45, 2.75) is 19.6 Å². The summed E-state index contributed by atoms with van der Waals surface area (Å²) in [4.78, 5) is 11.9. The Balaban J connectivity index is 3.03. The summed E-state index contributed by atoms with van der Waals surface area (Å²) in [5.74, 6) is 0. The molecule has 0 unspecified atom stereocenters. The van der Waals surface area contributed by atoms with Crippen LogP contribution >= 0.6 is 22.6 Å². The summed E-state index contributed by atoms with van der Waals surface area (Å²) < 4.78 is 1.13. The monoisotopic (exact) mass is 304 g/mol. The van der Waals surface area contributed by atoms with E-state index in [0.29, 0.717) is 5.41 Å². The highest BCUT2D eigenvalue weighted by Crippen LogP contribution is 2.14. The van der Waals surface area contributed by atoms with Gasteiger partial charge in [0, 0.05) is 9.13 Å². The highest BCUT2D eigenvalue weighted by Gasteiger charge is 2.25. The van der Waals surface area contributed by atoms with Crippen LogP contribution in [0.15, 0.2) is 24.3 Å². The number of carbonyl (C=O) groups is 1. The maximum absolute atomic E-state index is 11.9.